The van der Waals surface area contributed by atoms with E-state index in [0.717, 1.165) is 25.9 Å². The van der Waals surface area contributed by atoms with Gasteiger partial charge < -0.3 is 19.7 Å². The van der Waals surface area contributed by atoms with Crippen LogP contribution in [-0.2, 0) is 4.79 Å². The topological polar surface area (TPSA) is 91.4 Å². The van der Waals surface area contributed by atoms with Gasteiger partial charge in [0.1, 0.15) is 12.7 Å². The van der Waals surface area contributed by atoms with Gasteiger partial charge >= 0.3 is 0 Å². The summed E-state index contributed by atoms with van der Waals surface area (Å²) in [5.41, 5.74) is 1.86. The molecular formula is C26H30N4O5. The Hall–Kier alpha value is -3.59. The summed E-state index contributed by atoms with van der Waals surface area (Å²) < 4.78 is 10.9. The number of benzene rings is 2. The summed E-state index contributed by atoms with van der Waals surface area (Å²) in [6.45, 7) is 4.49. The first-order valence-electron chi connectivity index (χ1n) is 12.0. The van der Waals surface area contributed by atoms with E-state index in [2.05, 4.69) is 17.1 Å². The van der Waals surface area contributed by atoms with Gasteiger partial charge in [0, 0.05) is 18.2 Å². The Balaban J connectivity index is 1.49. The van der Waals surface area contributed by atoms with Crippen molar-refractivity contribution in [1.29, 1.82) is 0 Å². The van der Waals surface area contributed by atoms with E-state index >= 15 is 0 Å². The smallest absolute Gasteiger partial charge is 0.264 e. The van der Waals surface area contributed by atoms with Crippen molar-refractivity contribution in [2.45, 2.75) is 32.0 Å². The number of carbonyl (C=O) groups is 3. The zero-order valence-electron chi connectivity index (χ0n) is 20.2. The van der Waals surface area contributed by atoms with Crippen molar-refractivity contribution in [2.75, 3.05) is 45.3 Å². The fraction of sp³-hybridized carbons (Fsp3) is 0.423. The van der Waals surface area contributed by atoms with E-state index in [9.17, 15) is 14.4 Å². The van der Waals surface area contributed by atoms with Gasteiger partial charge in [0.25, 0.3) is 11.8 Å². The zero-order chi connectivity index (χ0) is 24.7. The largest absolute Gasteiger partial charge is 0.493 e. The molecule has 3 heterocycles. The minimum atomic E-state index is -0.746. The molecule has 5 rings (SSSR count). The quantitative estimate of drug-likeness (QED) is 0.657. The number of fused-ring (bicyclic) bond motifs is 5. The molecule has 1 fully saturated rings. The van der Waals surface area contributed by atoms with Crippen LogP contribution in [0.25, 0.3) is 0 Å². The number of likely N-dealkylation sites (tertiary alicyclic amines) is 1. The fourth-order valence-corrected chi connectivity index (χ4v) is 5.57. The number of carbonyl (C=O) groups excluding carboxylic acids is 3. The monoisotopic (exact) mass is 478 g/mol. The molecule has 1 saturated heterocycles. The summed E-state index contributed by atoms with van der Waals surface area (Å²) in [5.74, 6) is -0.0823. The lowest BCUT2D eigenvalue weighted by Gasteiger charge is -2.40. The number of amides is 3. The molecule has 0 spiro atoms. The van der Waals surface area contributed by atoms with Crippen LogP contribution in [0.15, 0.2) is 36.4 Å². The van der Waals surface area contributed by atoms with E-state index in [4.69, 9.17) is 9.47 Å². The van der Waals surface area contributed by atoms with Gasteiger partial charge in [0.15, 0.2) is 11.5 Å². The molecule has 2 aromatic rings. The van der Waals surface area contributed by atoms with Crippen molar-refractivity contribution in [3.8, 4) is 11.5 Å². The number of para-hydroxylation sites is 1. The predicted octanol–water partition coefficient (Wildman–Crippen LogP) is 2.42. The Morgan fingerprint density at radius 1 is 1.09 bits per heavy atom. The number of likely N-dealkylation sites (N-methyl/N-ethyl adjacent to an activating group) is 1. The minimum absolute atomic E-state index is 0.158. The van der Waals surface area contributed by atoms with E-state index < -0.39 is 6.17 Å². The van der Waals surface area contributed by atoms with Crippen molar-refractivity contribution in [1.82, 2.24) is 15.1 Å². The maximum Gasteiger partial charge on any atom is 0.264 e. The molecule has 0 aliphatic carbocycles. The normalized spacial score (nSPS) is 21.0. The van der Waals surface area contributed by atoms with Gasteiger partial charge in [-0.15, -0.1) is 0 Å². The van der Waals surface area contributed by atoms with Crippen LogP contribution in [0.3, 0.4) is 0 Å². The molecule has 0 saturated carbocycles. The average molecular weight is 479 g/mol. The van der Waals surface area contributed by atoms with Crippen molar-refractivity contribution >= 4 is 23.4 Å². The Kier molecular flexibility index (Phi) is 6.10. The summed E-state index contributed by atoms with van der Waals surface area (Å²) in [5, 5.41) is 3.01. The summed E-state index contributed by atoms with van der Waals surface area (Å²) in [7, 11) is 2.99. The van der Waals surface area contributed by atoms with Gasteiger partial charge in [-0.05, 0) is 44.1 Å². The number of hydrogen-bond donors (Lipinski definition) is 1. The highest BCUT2D eigenvalue weighted by Crippen LogP contribution is 2.49. The molecule has 2 atom stereocenters. The molecule has 0 bridgehead atoms. The van der Waals surface area contributed by atoms with E-state index in [-0.39, 0.29) is 24.3 Å². The van der Waals surface area contributed by atoms with E-state index in [1.165, 1.54) is 19.1 Å². The fourth-order valence-electron chi connectivity index (χ4n) is 5.57. The highest BCUT2D eigenvalue weighted by molar-refractivity contribution is 6.18. The molecule has 9 heteroatoms. The summed E-state index contributed by atoms with van der Waals surface area (Å²) in [6.07, 6.45) is 1.42. The number of hydrogen-bond acceptors (Lipinski definition) is 6. The van der Waals surface area contributed by atoms with E-state index in [1.54, 1.807) is 41.3 Å². The Labute approximate surface area is 204 Å². The Morgan fingerprint density at radius 3 is 2.63 bits per heavy atom. The SMILES string of the molecule is CCN1CCC[C@@H]1CNC(=O)CN1C(=O)c2ccccc2N2C(=O)c3c(ccc(OC)c3OC)[C@H]12. The molecule has 0 radical (unpaired) electrons. The number of ether oxygens (including phenoxy) is 2. The van der Waals surface area contributed by atoms with Crippen LogP contribution in [0.2, 0.25) is 0 Å². The summed E-state index contributed by atoms with van der Waals surface area (Å²) in [6, 6.07) is 10.8. The van der Waals surface area contributed by atoms with Crippen LogP contribution in [0.5, 0.6) is 11.5 Å². The van der Waals surface area contributed by atoms with Crippen LogP contribution in [0.1, 0.15) is 52.2 Å². The first-order chi connectivity index (χ1) is 17.0. The van der Waals surface area contributed by atoms with Crippen LogP contribution >= 0.6 is 0 Å². The lowest BCUT2D eigenvalue weighted by molar-refractivity contribution is -0.122. The average Bonchev–Trinajstić information content (AvgIpc) is 3.46. The third-order valence-corrected chi connectivity index (χ3v) is 7.24. The summed E-state index contributed by atoms with van der Waals surface area (Å²) in [4.78, 5) is 45.7. The zero-order valence-corrected chi connectivity index (χ0v) is 20.2. The molecule has 35 heavy (non-hydrogen) atoms. The lowest BCUT2D eigenvalue weighted by atomic mass is 10.0. The van der Waals surface area contributed by atoms with Crippen molar-refractivity contribution in [3.63, 3.8) is 0 Å². The van der Waals surface area contributed by atoms with E-state index in [1.807, 2.05) is 0 Å². The number of methoxy groups -OCH3 is 2. The molecule has 2 aromatic carbocycles. The van der Waals surface area contributed by atoms with Crippen LogP contribution in [-0.4, -0.2) is 74.0 Å². The maximum atomic E-state index is 13.7. The van der Waals surface area contributed by atoms with Crippen molar-refractivity contribution in [2.24, 2.45) is 0 Å². The molecule has 0 aromatic heterocycles. The molecular weight excluding hydrogens is 448 g/mol. The first-order valence-corrected chi connectivity index (χ1v) is 12.0. The maximum absolute atomic E-state index is 13.7. The second-order valence-corrected chi connectivity index (χ2v) is 8.99. The van der Waals surface area contributed by atoms with Gasteiger partial charge in [-0.3, -0.25) is 24.2 Å². The van der Waals surface area contributed by atoms with E-state index in [0.29, 0.717) is 46.5 Å². The van der Waals surface area contributed by atoms with Crippen LogP contribution in [0, 0.1) is 0 Å². The Bertz CT molecular complexity index is 1180. The summed E-state index contributed by atoms with van der Waals surface area (Å²) >= 11 is 0. The molecule has 9 nitrogen and oxygen atoms in total. The Morgan fingerprint density at radius 2 is 1.89 bits per heavy atom. The van der Waals surface area contributed by atoms with Crippen LogP contribution < -0.4 is 19.7 Å². The first kappa shape index (κ1) is 23.2. The van der Waals surface area contributed by atoms with Gasteiger partial charge in [0.2, 0.25) is 5.91 Å². The standard InChI is InChI=1S/C26H30N4O5/c1-4-28-13-7-8-16(28)14-27-21(31)15-29-24-18-11-12-20(34-2)23(35-3)22(18)26(33)30(24)19-10-6-5-9-17(19)25(29)32/h5-6,9-12,16,24H,4,7-8,13-15H2,1-3H3,(H,27,31)/t16-,24-/m1/s1. The number of rotatable bonds is 7. The van der Waals surface area contributed by atoms with Gasteiger partial charge in [-0.2, -0.15) is 0 Å². The molecule has 3 amide bonds. The molecule has 0 unspecified atom stereocenters. The second kappa shape index (κ2) is 9.22. The molecule has 3 aliphatic heterocycles. The second-order valence-electron chi connectivity index (χ2n) is 8.99. The molecule has 1 N–H and O–H groups in total. The van der Waals surface area contributed by atoms with Crippen LogP contribution in [0.4, 0.5) is 5.69 Å². The van der Waals surface area contributed by atoms with Crippen molar-refractivity contribution < 1.29 is 23.9 Å². The molecule has 3 aliphatic rings. The predicted molar refractivity (Wildman–Crippen MR) is 130 cm³/mol. The van der Waals surface area contributed by atoms with Crippen molar-refractivity contribution in [3.05, 3.63) is 53.1 Å². The van der Waals surface area contributed by atoms with Gasteiger partial charge in [-0.25, -0.2) is 0 Å². The minimum Gasteiger partial charge on any atom is -0.493 e. The van der Waals surface area contributed by atoms with Gasteiger partial charge in [0.05, 0.1) is 31.0 Å². The third-order valence-electron chi connectivity index (χ3n) is 7.24. The van der Waals surface area contributed by atoms with Gasteiger partial charge in [-0.1, -0.05) is 25.1 Å². The number of nitrogens with one attached hydrogen (secondary N) is 1. The highest BCUT2D eigenvalue weighted by Gasteiger charge is 2.50. The number of nitrogens with zero attached hydrogens (tertiary/aromatic N) is 3. The third kappa shape index (κ3) is 3.70. The lowest BCUT2D eigenvalue weighted by Crippen LogP contribution is -2.52. The highest BCUT2D eigenvalue weighted by atomic mass is 16.5. The molecule has 184 valence electrons. The number of anilines is 1.